The standard InChI is InChI=1S/C10H16Br2N4S2/c11-3-7-5-15-9(17-7)13-1-2-14-10-16-6-8(4-12)18-10/h7-8H,1-6H2,(H,13,15)(H,14,16)/t7-,8+. The number of halogens is 2. The van der Waals surface area contributed by atoms with Gasteiger partial charge in [0.05, 0.1) is 13.1 Å². The third kappa shape index (κ3) is 4.61. The van der Waals surface area contributed by atoms with Crippen molar-refractivity contribution in [2.75, 3.05) is 36.8 Å². The summed E-state index contributed by atoms with van der Waals surface area (Å²) in [4.78, 5) is 8.90. The molecule has 0 spiro atoms. The summed E-state index contributed by atoms with van der Waals surface area (Å²) >= 11 is 10.6. The Bertz CT molecular complexity index is 306. The van der Waals surface area contributed by atoms with E-state index in [2.05, 4.69) is 52.5 Å². The van der Waals surface area contributed by atoms with E-state index in [1.165, 1.54) is 0 Å². The molecule has 0 amide bonds. The van der Waals surface area contributed by atoms with Gasteiger partial charge < -0.3 is 10.6 Å². The van der Waals surface area contributed by atoms with E-state index in [1.807, 2.05) is 23.5 Å². The zero-order valence-electron chi connectivity index (χ0n) is 9.86. The molecule has 2 atom stereocenters. The topological polar surface area (TPSA) is 48.8 Å². The first kappa shape index (κ1) is 15.0. The molecular formula is C10H16Br2N4S2. The van der Waals surface area contributed by atoms with Crippen LogP contribution in [0.15, 0.2) is 9.98 Å². The van der Waals surface area contributed by atoms with E-state index in [1.54, 1.807) is 0 Å². The number of hydrogen-bond acceptors (Lipinski definition) is 6. The Morgan fingerprint density at radius 2 is 1.39 bits per heavy atom. The Morgan fingerprint density at radius 1 is 0.944 bits per heavy atom. The van der Waals surface area contributed by atoms with Gasteiger partial charge >= 0.3 is 0 Å². The van der Waals surface area contributed by atoms with Gasteiger partial charge in [-0.25, -0.2) is 0 Å². The summed E-state index contributed by atoms with van der Waals surface area (Å²) in [6.07, 6.45) is 0. The van der Waals surface area contributed by atoms with Gasteiger partial charge in [0, 0.05) is 34.2 Å². The molecule has 2 rings (SSSR count). The van der Waals surface area contributed by atoms with Gasteiger partial charge in [-0.1, -0.05) is 55.4 Å². The second-order valence-corrected chi connectivity index (χ2v) is 7.81. The van der Waals surface area contributed by atoms with Crippen molar-refractivity contribution >= 4 is 65.7 Å². The zero-order chi connectivity index (χ0) is 12.8. The Morgan fingerprint density at radius 3 is 1.72 bits per heavy atom. The lowest BCUT2D eigenvalue weighted by atomic mass is 10.5. The number of hydrogen-bond donors (Lipinski definition) is 2. The molecule has 2 aliphatic rings. The molecule has 4 nitrogen and oxygen atoms in total. The van der Waals surface area contributed by atoms with Crippen molar-refractivity contribution < 1.29 is 0 Å². The summed E-state index contributed by atoms with van der Waals surface area (Å²) in [6, 6.07) is 0. The maximum absolute atomic E-state index is 4.45. The van der Waals surface area contributed by atoms with Gasteiger partial charge in [-0.15, -0.1) is 0 Å². The smallest absolute Gasteiger partial charge is 0.157 e. The fourth-order valence-corrected chi connectivity index (χ4v) is 4.46. The predicted molar refractivity (Wildman–Crippen MR) is 91.0 cm³/mol. The molecule has 0 aromatic heterocycles. The largest absolute Gasteiger partial charge is 0.363 e. The highest BCUT2D eigenvalue weighted by Crippen LogP contribution is 2.21. The lowest BCUT2D eigenvalue weighted by Gasteiger charge is -2.09. The van der Waals surface area contributed by atoms with Gasteiger partial charge in [-0.2, -0.15) is 0 Å². The van der Waals surface area contributed by atoms with Gasteiger partial charge in [0.25, 0.3) is 0 Å². The second-order valence-electron chi connectivity index (χ2n) is 3.93. The third-order valence-corrected chi connectivity index (χ3v) is 7.17. The van der Waals surface area contributed by atoms with E-state index >= 15 is 0 Å². The second kappa shape index (κ2) is 8.01. The average molecular weight is 416 g/mol. The van der Waals surface area contributed by atoms with E-state index in [9.17, 15) is 0 Å². The first-order valence-electron chi connectivity index (χ1n) is 5.83. The van der Waals surface area contributed by atoms with Crippen LogP contribution in [0.2, 0.25) is 0 Å². The Hall–Kier alpha value is 0.600. The highest BCUT2D eigenvalue weighted by molar-refractivity contribution is 9.09. The summed E-state index contributed by atoms with van der Waals surface area (Å²) < 4.78 is 0. The number of rotatable bonds is 5. The summed E-state index contributed by atoms with van der Waals surface area (Å²) in [5.41, 5.74) is 0. The van der Waals surface area contributed by atoms with Crippen LogP contribution >= 0.6 is 55.4 Å². The number of aliphatic imine (C=N–C) groups is 2. The highest BCUT2D eigenvalue weighted by atomic mass is 79.9. The Kier molecular flexibility index (Phi) is 6.68. The normalized spacial score (nSPS) is 27.0. The minimum atomic E-state index is 0.593. The van der Waals surface area contributed by atoms with Crippen LogP contribution in [0.5, 0.6) is 0 Å². The maximum atomic E-state index is 4.45. The minimum Gasteiger partial charge on any atom is -0.363 e. The van der Waals surface area contributed by atoms with Crippen LogP contribution in [0.1, 0.15) is 0 Å². The molecule has 2 N–H and O–H groups in total. The van der Waals surface area contributed by atoms with Gasteiger partial charge in [-0.3, -0.25) is 9.98 Å². The van der Waals surface area contributed by atoms with Crippen molar-refractivity contribution in [2.45, 2.75) is 10.5 Å². The molecule has 8 heteroatoms. The van der Waals surface area contributed by atoms with Crippen LogP contribution in [-0.4, -0.2) is 57.7 Å². The lowest BCUT2D eigenvalue weighted by Crippen LogP contribution is -2.32. The SMILES string of the molecule is BrC[C@@H]1CN=C(NCCNC2=NC[C@H](CBr)S2)S1. The molecule has 0 saturated carbocycles. The van der Waals surface area contributed by atoms with Gasteiger partial charge in [0.2, 0.25) is 0 Å². The highest BCUT2D eigenvalue weighted by Gasteiger charge is 2.19. The molecule has 0 unspecified atom stereocenters. The van der Waals surface area contributed by atoms with Crippen LogP contribution in [-0.2, 0) is 0 Å². The van der Waals surface area contributed by atoms with Crippen LogP contribution in [0.3, 0.4) is 0 Å². The van der Waals surface area contributed by atoms with Gasteiger partial charge in [0.1, 0.15) is 0 Å². The Labute approximate surface area is 133 Å². The summed E-state index contributed by atoms with van der Waals surface area (Å²) in [7, 11) is 0. The van der Waals surface area contributed by atoms with Crippen LogP contribution in [0.25, 0.3) is 0 Å². The number of amidine groups is 2. The fourth-order valence-electron chi connectivity index (χ4n) is 1.53. The molecule has 102 valence electrons. The lowest BCUT2D eigenvalue weighted by molar-refractivity contribution is 0.819. The number of nitrogens with one attached hydrogen (secondary N) is 2. The fraction of sp³-hybridized carbons (Fsp3) is 0.800. The molecule has 0 saturated heterocycles. The molecule has 0 aliphatic carbocycles. The number of nitrogens with zero attached hydrogens (tertiary/aromatic N) is 2. The average Bonchev–Trinajstić information content (AvgIpc) is 3.03. The van der Waals surface area contributed by atoms with Crippen molar-refractivity contribution in [1.82, 2.24) is 10.6 Å². The van der Waals surface area contributed by atoms with E-state index in [4.69, 9.17) is 0 Å². The number of alkyl halides is 2. The molecule has 0 aromatic carbocycles. The van der Waals surface area contributed by atoms with Crippen molar-refractivity contribution in [3.63, 3.8) is 0 Å². The summed E-state index contributed by atoms with van der Waals surface area (Å²) in [6.45, 7) is 3.61. The molecule has 18 heavy (non-hydrogen) atoms. The van der Waals surface area contributed by atoms with E-state index in [0.717, 1.165) is 47.2 Å². The zero-order valence-corrected chi connectivity index (χ0v) is 14.7. The van der Waals surface area contributed by atoms with Crippen LogP contribution in [0.4, 0.5) is 0 Å². The van der Waals surface area contributed by atoms with E-state index in [-0.39, 0.29) is 0 Å². The van der Waals surface area contributed by atoms with Crippen LogP contribution < -0.4 is 10.6 Å². The molecule has 2 aliphatic heterocycles. The molecular weight excluding hydrogens is 400 g/mol. The van der Waals surface area contributed by atoms with Gasteiger partial charge in [-0.05, 0) is 0 Å². The molecule has 2 heterocycles. The van der Waals surface area contributed by atoms with Crippen LogP contribution in [0, 0.1) is 0 Å². The predicted octanol–water partition coefficient (Wildman–Crippen LogP) is 1.90. The van der Waals surface area contributed by atoms with Crippen molar-refractivity contribution in [2.24, 2.45) is 9.98 Å². The van der Waals surface area contributed by atoms with Crippen molar-refractivity contribution in [1.29, 1.82) is 0 Å². The van der Waals surface area contributed by atoms with Crippen molar-refractivity contribution in [3.05, 3.63) is 0 Å². The molecule has 0 radical (unpaired) electrons. The van der Waals surface area contributed by atoms with E-state index in [0.29, 0.717) is 10.5 Å². The Balaban J connectivity index is 1.55. The van der Waals surface area contributed by atoms with E-state index < -0.39 is 0 Å². The third-order valence-electron chi connectivity index (χ3n) is 2.46. The quantitative estimate of drug-likeness (QED) is 0.531. The first-order chi connectivity index (χ1) is 8.81. The molecule has 0 bridgehead atoms. The first-order valence-corrected chi connectivity index (χ1v) is 9.84. The van der Waals surface area contributed by atoms with Crippen molar-refractivity contribution in [3.8, 4) is 0 Å². The molecule has 0 fully saturated rings. The van der Waals surface area contributed by atoms with Gasteiger partial charge in [0.15, 0.2) is 10.3 Å². The monoisotopic (exact) mass is 414 g/mol. The summed E-state index contributed by atoms with van der Waals surface area (Å²) in [5.74, 6) is 0. The summed E-state index contributed by atoms with van der Waals surface area (Å²) in [5, 5.41) is 12.0. The minimum absolute atomic E-state index is 0.593. The maximum Gasteiger partial charge on any atom is 0.157 e. The number of thioether (sulfide) groups is 2. The molecule has 0 aromatic rings.